The van der Waals surface area contributed by atoms with Crippen LogP contribution >= 0.6 is 0 Å². The number of rotatable bonds is 11. The molecule has 1 saturated carbocycles. The van der Waals surface area contributed by atoms with E-state index in [4.69, 9.17) is 4.74 Å². The summed E-state index contributed by atoms with van der Waals surface area (Å²) in [5, 5.41) is 6.67. The molecule has 2 aliphatic carbocycles. The average molecular weight is 433 g/mol. The summed E-state index contributed by atoms with van der Waals surface area (Å²) in [5.41, 5.74) is 6.28. The van der Waals surface area contributed by atoms with Gasteiger partial charge < -0.3 is 15.4 Å². The first-order valence-corrected chi connectivity index (χ1v) is 12.3. The van der Waals surface area contributed by atoms with Crippen LogP contribution in [0.5, 0.6) is 5.75 Å². The molecule has 1 atom stereocenters. The van der Waals surface area contributed by atoms with Crippen LogP contribution in [0, 0.1) is 0 Å². The smallest absolute Gasteiger partial charge is 0.239 e. The van der Waals surface area contributed by atoms with Gasteiger partial charge in [0.1, 0.15) is 5.75 Å². The standard InChI is InChI=1S/C28H36N2O2/c1-2-3-4-7-19-32-24-17-15-23(16-18-24)28(22-13-14-22)29-20-27(31)30-26-12-8-10-21-9-5-6-11-25(21)26/h5-6,9,11,15-18,26,29H,2-4,7-8,10,12-14,19-20H2,1H3,(H,30,31). The van der Waals surface area contributed by atoms with Gasteiger partial charge in [-0.25, -0.2) is 0 Å². The van der Waals surface area contributed by atoms with E-state index in [1.165, 1.54) is 36.0 Å². The van der Waals surface area contributed by atoms with Crippen molar-refractivity contribution in [1.82, 2.24) is 10.6 Å². The molecule has 170 valence electrons. The number of benzene rings is 2. The maximum Gasteiger partial charge on any atom is 0.239 e. The van der Waals surface area contributed by atoms with Gasteiger partial charge in [0.15, 0.2) is 0 Å². The summed E-state index contributed by atoms with van der Waals surface area (Å²) in [4.78, 5) is 12.7. The number of nitrogens with one attached hydrogen (secondary N) is 2. The normalized spacial score (nSPS) is 16.8. The largest absolute Gasteiger partial charge is 0.494 e. The molecule has 0 aliphatic heterocycles. The van der Waals surface area contributed by atoms with Crippen molar-refractivity contribution < 1.29 is 9.53 Å². The Balaban J connectivity index is 1.29. The summed E-state index contributed by atoms with van der Waals surface area (Å²) in [6, 6.07) is 16.9. The fourth-order valence-electron chi connectivity index (χ4n) is 4.50. The Morgan fingerprint density at radius 1 is 1.00 bits per heavy atom. The zero-order chi connectivity index (χ0) is 22.2. The highest BCUT2D eigenvalue weighted by Gasteiger charge is 2.23. The lowest BCUT2D eigenvalue weighted by atomic mass is 9.88. The van der Waals surface area contributed by atoms with E-state index in [1.807, 2.05) is 12.1 Å². The van der Waals surface area contributed by atoms with Gasteiger partial charge in [-0.15, -0.1) is 0 Å². The van der Waals surface area contributed by atoms with E-state index >= 15 is 0 Å². The Morgan fingerprint density at radius 2 is 1.81 bits per heavy atom. The minimum absolute atomic E-state index is 0.0532. The molecule has 1 unspecified atom stereocenters. The second kappa shape index (κ2) is 11.2. The number of carbonyl (C=O) groups is 1. The second-order valence-electron chi connectivity index (χ2n) is 8.98. The topological polar surface area (TPSA) is 50.4 Å². The van der Waals surface area contributed by atoms with Gasteiger partial charge in [0.05, 0.1) is 19.2 Å². The number of amides is 1. The van der Waals surface area contributed by atoms with Crippen molar-refractivity contribution in [2.45, 2.75) is 70.8 Å². The molecule has 0 bridgehead atoms. The van der Waals surface area contributed by atoms with Crippen molar-refractivity contribution in [3.63, 3.8) is 0 Å². The lowest BCUT2D eigenvalue weighted by molar-refractivity contribution is -0.120. The van der Waals surface area contributed by atoms with E-state index in [0.29, 0.717) is 6.54 Å². The first-order valence-electron chi connectivity index (χ1n) is 12.3. The van der Waals surface area contributed by atoms with Crippen molar-refractivity contribution in [2.75, 3.05) is 13.2 Å². The minimum Gasteiger partial charge on any atom is -0.494 e. The van der Waals surface area contributed by atoms with Crippen LogP contribution in [0.2, 0.25) is 0 Å². The molecule has 2 aromatic carbocycles. The second-order valence-corrected chi connectivity index (χ2v) is 8.98. The number of ether oxygens (including phenoxy) is 1. The fourth-order valence-corrected chi connectivity index (χ4v) is 4.50. The zero-order valence-electron chi connectivity index (χ0n) is 19.3. The molecule has 0 saturated heterocycles. The van der Waals surface area contributed by atoms with Crippen LogP contribution in [0.25, 0.3) is 5.70 Å². The molecule has 0 radical (unpaired) electrons. The molecule has 0 aromatic heterocycles. The average Bonchev–Trinajstić information content (AvgIpc) is 3.66. The van der Waals surface area contributed by atoms with Gasteiger partial charge in [0.2, 0.25) is 5.91 Å². The lowest BCUT2D eigenvalue weighted by Crippen LogP contribution is -2.37. The van der Waals surface area contributed by atoms with Crippen LogP contribution in [-0.4, -0.2) is 19.1 Å². The summed E-state index contributed by atoms with van der Waals surface area (Å²) in [7, 11) is 0. The van der Waals surface area contributed by atoms with Crippen molar-refractivity contribution >= 4 is 11.6 Å². The fraction of sp³-hybridized carbons (Fsp3) is 0.464. The predicted octanol–water partition coefficient (Wildman–Crippen LogP) is 5.93. The maximum atomic E-state index is 12.7. The van der Waals surface area contributed by atoms with Crippen LogP contribution in [0.4, 0.5) is 0 Å². The summed E-state index contributed by atoms with van der Waals surface area (Å²) in [6.07, 6.45) is 10.3. The zero-order valence-corrected chi connectivity index (χ0v) is 19.3. The minimum atomic E-state index is 0.0532. The van der Waals surface area contributed by atoms with E-state index in [1.54, 1.807) is 0 Å². The summed E-state index contributed by atoms with van der Waals surface area (Å²) in [6.45, 7) is 3.29. The number of allylic oxidation sites excluding steroid dienone is 1. The molecule has 1 fully saturated rings. The van der Waals surface area contributed by atoms with Crippen molar-refractivity contribution in [3.05, 3.63) is 70.8 Å². The SMILES string of the molecule is CCCCCCOc1ccc(C(NCC(=O)NC2CCCc3ccccc32)=C2CC2)cc1. The van der Waals surface area contributed by atoms with Crippen molar-refractivity contribution in [2.24, 2.45) is 0 Å². The Hall–Kier alpha value is -2.75. The van der Waals surface area contributed by atoms with E-state index in [9.17, 15) is 4.79 Å². The number of hydrogen-bond donors (Lipinski definition) is 2. The molecule has 1 amide bonds. The van der Waals surface area contributed by atoms with Crippen LogP contribution in [0.15, 0.2) is 54.1 Å². The molecule has 2 N–H and O–H groups in total. The number of aryl methyl sites for hydroxylation is 1. The number of fused-ring (bicyclic) bond motifs is 1. The van der Waals surface area contributed by atoms with E-state index in [2.05, 4.69) is 54.0 Å². The molecular formula is C28H36N2O2. The Bertz CT molecular complexity index is 927. The molecule has 0 heterocycles. The van der Waals surface area contributed by atoms with E-state index in [-0.39, 0.29) is 11.9 Å². The highest BCUT2D eigenvalue weighted by atomic mass is 16.5. The molecule has 4 rings (SSSR count). The third kappa shape index (κ3) is 6.15. The Morgan fingerprint density at radius 3 is 2.59 bits per heavy atom. The quantitative estimate of drug-likeness (QED) is 0.433. The van der Waals surface area contributed by atoms with Gasteiger partial charge in [0, 0.05) is 5.70 Å². The van der Waals surface area contributed by atoms with Gasteiger partial charge in [0.25, 0.3) is 0 Å². The molecule has 2 aromatic rings. The van der Waals surface area contributed by atoms with Gasteiger partial charge in [-0.1, -0.05) is 50.5 Å². The molecular weight excluding hydrogens is 396 g/mol. The maximum absolute atomic E-state index is 12.7. The first kappa shape index (κ1) is 22.4. The van der Waals surface area contributed by atoms with Gasteiger partial charge in [-0.3, -0.25) is 4.79 Å². The van der Waals surface area contributed by atoms with Gasteiger partial charge in [-0.2, -0.15) is 0 Å². The molecule has 32 heavy (non-hydrogen) atoms. The number of hydrogen-bond acceptors (Lipinski definition) is 3. The highest BCUT2D eigenvalue weighted by molar-refractivity contribution is 5.81. The summed E-state index contributed by atoms with van der Waals surface area (Å²) < 4.78 is 5.87. The van der Waals surface area contributed by atoms with E-state index in [0.717, 1.165) is 62.1 Å². The molecule has 4 nitrogen and oxygen atoms in total. The summed E-state index contributed by atoms with van der Waals surface area (Å²) >= 11 is 0. The highest BCUT2D eigenvalue weighted by Crippen LogP contribution is 2.35. The molecule has 4 heteroatoms. The van der Waals surface area contributed by atoms with Gasteiger partial charge in [-0.05, 0) is 85.1 Å². The van der Waals surface area contributed by atoms with Crippen LogP contribution in [-0.2, 0) is 11.2 Å². The van der Waals surface area contributed by atoms with Crippen LogP contribution < -0.4 is 15.4 Å². The Labute approximate surface area is 192 Å². The first-order chi connectivity index (χ1) is 15.7. The molecule has 2 aliphatic rings. The molecule has 0 spiro atoms. The van der Waals surface area contributed by atoms with Crippen molar-refractivity contribution in [1.29, 1.82) is 0 Å². The number of carbonyl (C=O) groups excluding carboxylic acids is 1. The van der Waals surface area contributed by atoms with Crippen LogP contribution in [0.3, 0.4) is 0 Å². The van der Waals surface area contributed by atoms with E-state index < -0.39 is 0 Å². The predicted molar refractivity (Wildman–Crippen MR) is 130 cm³/mol. The number of unbranched alkanes of at least 4 members (excludes halogenated alkanes) is 3. The lowest BCUT2D eigenvalue weighted by Gasteiger charge is -2.26. The monoisotopic (exact) mass is 432 g/mol. The van der Waals surface area contributed by atoms with Crippen molar-refractivity contribution in [3.8, 4) is 5.75 Å². The summed E-state index contributed by atoms with van der Waals surface area (Å²) in [5.74, 6) is 0.969. The van der Waals surface area contributed by atoms with Crippen LogP contribution in [0.1, 0.15) is 81.0 Å². The third-order valence-corrected chi connectivity index (χ3v) is 6.39. The third-order valence-electron chi connectivity index (χ3n) is 6.39. The Kier molecular flexibility index (Phi) is 7.87. The van der Waals surface area contributed by atoms with Gasteiger partial charge >= 0.3 is 0 Å².